The number of carbonyl (C=O) groups is 1. The van der Waals surface area contributed by atoms with Gasteiger partial charge < -0.3 is 10.6 Å². The van der Waals surface area contributed by atoms with E-state index < -0.39 is 0 Å². The maximum atomic E-state index is 12.6. The molecule has 24 heavy (non-hydrogen) atoms. The van der Waals surface area contributed by atoms with Crippen LogP contribution in [0.3, 0.4) is 0 Å². The van der Waals surface area contributed by atoms with E-state index in [9.17, 15) is 4.79 Å². The van der Waals surface area contributed by atoms with Crippen LogP contribution in [-0.4, -0.2) is 43.0 Å². The van der Waals surface area contributed by atoms with Crippen LogP contribution >= 0.6 is 11.6 Å². The topological polar surface area (TPSA) is 44.4 Å². The molecule has 1 fully saturated rings. The van der Waals surface area contributed by atoms with Crippen molar-refractivity contribution in [2.45, 2.75) is 45.7 Å². The molecule has 1 saturated heterocycles. The van der Waals surface area contributed by atoms with E-state index in [0.717, 1.165) is 43.1 Å². The molecular formula is C19H30ClN3O. The first-order chi connectivity index (χ1) is 11.6. The Kier molecular flexibility index (Phi) is 7.53. The van der Waals surface area contributed by atoms with E-state index in [0.29, 0.717) is 12.6 Å². The summed E-state index contributed by atoms with van der Waals surface area (Å²) in [5.74, 6) is 0.289. The van der Waals surface area contributed by atoms with Gasteiger partial charge in [-0.25, -0.2) is 0 Å². The summed E-state index contributed by atoms with van der Waals surface area (Å²) in [7, 11) is 0. The second-order valence-corrected chi connectivity index (χ2v) is 6.99. The molecule has 1 aliphatic heterocycles. The first-order valence-corrected chi connectivity index (χ1v) is 9.44. The molecule has 3 atom stereocenters. The zero-order chi connectivity index (χ0) is 17.5. The predicted octanol–water partition coefficient (Wildman–Crippen LogP) is 3.23. The third-order valence-corrected chi connectivity index (χ3v) is 5.33. The van der Waals surface area contributed by atoms with Crippen LogP contribution in [-0.2, 0) is 4.79 Å². The number of likely N-dealkylation sites (N-methyl/N-ethyl adjacent to an activating group) is 1. The van der Waals surface area contributed by atoms with Crippen molar-refractivity contribution in [3.05, 3.63) is 34.9 Å². The van der Waals surface area contributed by atoms with Crippen molar-refractivity contribution < 1.29 is 4.79 Å². The number of nitrogens with one attached hydrogen (secondary N) is 2. The first kappa shape index (κ1) is 19.2. The summed E-state index contributed by atoms with van der Waals surface area (Å²) in [6, 6.07) is 8.45. The van der Waals surface area contributed by atoms with Gasteiger partial charge in [0, 0.05) is 23.5 Å². The summed E-state index contributed by atoms with van der Waals surface area (Å²) in [6.07, 6.45) is 1.83. The Morgan fingerprint density at radius 1 is 1.38 bits per heavy atom. The average Bonchev–Trinajstić information content (AvgIpc) is 2.59. The predicted molar refractivity (Wildman–Crippen MR) is 100 cm³/mol. The average molecular weight is 352 g/mol. The Labute approximate surface area is 150 Å². The van der Waals surface area contributed by atoms with E-state index in [2.05, 4.69) is 42.4 Å². The SMILES string of the molecule is CCN(CC)C(CNC(=O)[C@H]1CCN[C@@H](C)C1)c1ccccc1Cl. The van der Waals surface area contributed by atoms with E-state index >= 15 is 0 Å². The molecule has 0 aromatic heterocycles. The molecule has 2 rings (SSSR count). The minimum absolute atomic E-state index is 0.108. The number of hydrogen-bond donors (Lipinski definition) is 2. The van der Waals surface area contributed by atoms with Gasteiger partial charge in [0.1, 0.15) is 0 Å². The summed E-state index contributed by atoms with van der Waals surface area (Å²) in [5.41, 5.74) is 1.09. The van der Waals surface area contributed by atoms with Crippen molar-refractivity contribution >= 4 is 17.5 Å². The summed E-state index contributed by atoms with van der Waals surface area (Å²) in [5, 5.41) is 7.34. The van der Waals surface area contributed by atoms with Crippen LogP contribution in [0, 0.1) is 5.92 Å². The largest absolute Gasteiger partial charge is 0.354 e. The van der Waals surface area contributed by atoms with E-state index in [1.54, 1.807) is 0 Å². The standard InChI is InChI=1S/C19H30ClN3O/c1-4-23(5-2)18(16-8-6-7-9-17(16)20)13-22-19(24)15-10-11-21-14(3)12-15/h6-9,14-15,18,21H,4-5,10-13H2,1-3H3,(H,22,24)/t14-,15-,18?/m0/s1. The molecule has 5 heteroatoms. The van der Waals surface area contributed by atoms with Gasteiger partial charge in [-0.3, -0.25) is 9.69 Å². The molecule has 1 unspecified atom stereocenters. The van der Waals surface area contributed by atoms with Crippen molar-refractivity contribution in [2.75, 3.05) is 26.2 Å². The number of carbonyl (C=O) groups excluding carboxylic acids is 1. The van der Waals surface area contributed by atoms with Gasteiger partial charge in [0.25, 0.3) is 0 Å². The monoisotopic (exact) mass is 351 g/mol. The molecule has 1 heterocycles. The van der Waals surface area contributed by atoms with Gasteiger partial charge in [-0.15, -0.1) is 0 Å². The van der Waals surface area contributed by atoms with E-state index in [-0.39, 0.29) is 17.9 Å². The van der Waals surface area contributed by atoms with Crippen molar-refractivity contribution in [1.82, 2.24) is 15.5 Å². The number of piperidine rings is 1. The zero-order valence-electron chi connectivity index (χ0n) is 15.0. The number of halogens is 1. The Morgan fingerprint density at radius 3 is 2.71 bits per heavy atom. The van der Waals surface area contributed by atoms with Gasteiger partial charge in [-0.05, 0) is 51.0 Å². The van der Waals surface area contributed by atoms with Gasteiger partial charge in [-0.1, -0.05) is 43.6 Å². The van der Waals surface area contributed by atoms with Crippen LogP contribution in [0.25, 0.3) is 0 Å². The lowest BCUT2D eigenvalue weighted by Gasteiger charge is -2.32. The van der Waals surface area contributed by atoms with Crippen molar-refractivity contribution in [2.24, 2.45) is 5.92 Å². The second kappa shape index (κ2) is 9.40. The number of nitrogens with zero attached hydrogens (tertiary/aromatic N) is 1. The fourth-order valence-corrected chi connectivity index (χ4v) is 3.82. The molecular weight excluding hydrogens is 322 g/mol. The molecule has 1 aliphatic rings. The quantitative estimate of drug-likeness (QED) is 0.792. The van der Waals surface area contributed by atoms with E-state index in [1.165, 1.54) is 0 Å². The molecule has 0 saturated carbocycles. The van der Waals surface area contributed by atoms with Gasteiger partial charge in [0.15, 0.2) is 0 Å². The Morgan fingerprint density at radius 2 is 2.08 bits per heavy atom. The van der Waals surface area contributed by atoms with Crippen molar-refractivity contribution in [3.63, 3.8) is 0 Å². The van der Waals surface area contributed by atoms with Gasteiger partial charge in [0.2, 0.25) is 5.91 Å². The summed E-state index contributed by atoms with van der Waals surface area (Å²) < 4.78 is 0. The lowest BCUT2D eigenvalue weighted by Crippen LogP contribution is -2.45. The van der Waals surface area contributed by atoms with Gasteiger partial charge in [0.05, 0.1) is 6.04 Å². The minimum Gasteiger partial charge on any atom is -0.354 e. The normalized spacial score (nSPS) is 22.4. The molecule has 134 valence electrons. The molecule has 0 radical (unpaired) electrons. The van der Waals surface area contributed by atoms with Crippen LogP contribution in [0.5, 0.6) is 0 Å². The van der Waals surface area contributed by atoms with Gasteiger partial charge >= 0.3 is 0 Å². The van der Waals surface area contributed by atoms with Crippen LogP contribution in [0.1, 0.15) is 45.2 Å². The Hall–Kier alpha value is -1.10. The summed E-state index contributed by atoms with van der Waals surface area (Å²) in [4.78, 5) is 14.9. The molecule has 1 amide bonds. The maximum absolute atomic E-state index is 12.6. The third kappa shape index (κ3) is 4.95. The van der Waals surface area contributed by atoms with Crippen molar-refractivity contribution in [3.8, 4) is 0 Å². The zero-order valence-corrected chi connectivity index (χ0v) is 15.8. The first-order valence-electron chi connectivity index (χ1n) is 9.06. The van der Waals surface area contributed by atoms with Crippen LogP contribution in [0.2, 0.25) is 5.02 Å². The second-order valence-electron chi connectivity index (χ2n) is 6.58. The molecule has 0 aliphatic carbocycles. The number of amides is 1. The van der Waals surface area contributed by atoms with Crippen LogP contribution in [0.15, 0.2) is 24.3 Å². The lowest BCUT2D eigenvalue weighted by atomic mass is 9.92. The number of benzene rings is 1. The Balaban J connectivity index is 2.05. The van der Waals surface area contributed by atoms with Crippen LogP contribution < -0.4 is 10.6 Å². The Bertz CT molecular complexity index is 533. The molecule has 0 spiro atoms. The highest BCUT2D eigenvalue weighted by atomic mass is 35.5. The lowest BCUT2D eigenvalue weighted by molar-refractivity contribution is -0.126. The highest BCUT2D eigenvalue weighted by molar-refractivity contribution is 6.31. The van der Waals surface area contributed by atoms with Crippen molar-refractivity contribution in [1.29, 1.82) is 0 Å². The molecule has 0 bridgehead atoms. The minimum atomic E-state index is 0.108. The summed E-state index contributed by atoms with van der Waals surface area (Å²) >= 11 is 6.41. The maximum Gasteiger partial charge on any atom is 0.223 e. The van der Waals surface area contributed by atoms with E-state index in [4.69, 9.17) is 11.6 Å². The highest BCUT2D eigenvalue weighted by Gasteiger charge is 2.26. The summed E-state index contributed by atoms with van der Waals surface area (Å²) in [6.45, 7) is 9.79. The number of rotatable bonds is 7. The fourth-order valence-electron chi connectivity index (χ4n) is 3.56. The molecule has 1 aromatic rings. The number of hydrogen-bond acceptors (Lipinski definition) is 3. The molecule has 2 N–H and O–H groups in total. The van der Waals surface area contributed by atoms with E-state index in [1.807, 2.05) is 18.2 Å². The fraction of sp³-hybridized carbons (Fsp3) is 0.632. The third-order valence-electron chi connectivity index (χ3n) is 4.98. The smallest absolute Gasteiger partial charge is 0.223 e. The van der Waals surface area contributed by atoms with Gasteiger partial charge in [-0.2, -0.15) is 0 Å². The highest BCUT2D eigenvalue weighted by Crippen LogP contribution is 2.27. The van der Waals surface area contributed by atoms with Crippen LogP contribution in [0.4, 0.5) is 0 Å². The molecule has 4 nitrogen and oxygen atoms in total. The molecule has 1 aromatic carbocycles.